The highest BCUT2D eigenvalue weighted by molar-refractivity contribution is 5.76. The predicted molar refractivity (Wildman–Crippen MR) is 79.7 cm³/mol. The summed E-state index contributed by atoms with van der Waals surface area (Å²) in [5.74, 6) is -0.0243. The van der Waals surface area contributed by atoms with Crippen molar-refractivity contribution in [2.75, 3.05) is 39.4 Å². The van der Waals surface area contributed by atoms with E-state index < -0.39 is 0 Å². The molecular formula is C16H21N3O2. The second-order valence-electron chi connectivity index (χ2n) is 5.04. The van der Waals surface area contributed by atoms with E-state index in [-0.39, 0.29) is 11.8 Å². The molecule has 1 unspecified atom stereocenters. The molecule has 0 radical (unpaired) electrons. The van der Waals surface area contributed by atoms with Crippen molar-refractivity contribution in [3.63, 3.8) is 0 Å². The summed E-state index contributed by atoms with van der Waals surface area (Å²) in [6.45, 7) is 3.79. The lowest BCUT2D eigenvalue weighted by atomic mass is 10.0. The third kappa shape index (κ3) is 4.85. The highest BCUT2D eigenvalue weighted by atomic mass is 16.5. The van der Waals surface area contributed by atoms with Gasteiger partial charge in [0, 0.05) is 32.6 Å². The molecule has 0 bridgehead atoms. The Morgan fingerprint density at radius 3 is 2.71 bits per heavy atom. The Morgan fingerprint density at radius 2 is 2.05 bits per heavy atom. The molecule has 1 aliphatic heterocycles. The normalized spacial score (nSPS) is 16.2. The minimum atomic E-state index is -0.176. The maximum atomic E-state index is 11.9. The lowest BCUT2D eigenvalue weighted by Crippen LogP contribution is -2.41. The fourth-order valence-electron chi connectivity index (χ4n) is 2.34. The van der Waals surface area contributed by atoms with Crippen LogP contribution in [0, 0.1) is 11.3 Å². The number of morpholine rings is 1. The van der Waals surface area contributed by atoms with Crippen molar-refractivity contribution < 1.29 is 9.53 Å². The van der Waals surface area contributed by atoms with Crippen LogP contribution in [0.1, 0.15) is 17.9 Å². The minimum absolute atomic E-state index is 0.152. The highest BCUT2D eigenvalue weighted by Crippen LogP contribution is 2.13. The van der Waals surface area contributed by atoms with Gasteiger partial charge in [0.2, 0.25) is 5.91 Å². The van der Waals surface area contributed by atoms with Crippen LogP contribution in [0.15, 0.2) is 30.3 Å². The third-order valence-corrected chi connectivity index (χ3v) is 3.59. The zero-order chi connectivity index (χ0) is 14.9. The first-order valence-corrected chi connectivity index (χ1v) is 7.32. The van der Waals surface area contributed by atoms with Crippen molar-refractivity contribution in [3.05, 3.63) is 35.9 Å². The second kappa shape index (κ2) is 8.40. The average Bonchev–Trinajstić information content (AvgIpc) is 2.56. The van der Waals surface area contributed by atoms with Gasteiger partial charge in [0.05, 0.1) is 25.2 Å². The molecule has 112 valence electrons. The number of amides is 1. The smallest absolute Gasteiger partial charge is 0.224 e. The number of benzene rings is 1. The topological polar surface area (TPSA) is 65.4 Å². The number of rotatable bonds is 6. The van der Waals surface area contributed by atoms with Gasteiger partial charge in [-0.3, -0.25) is 4.79 Å². The van der Waals surface area contributed by atoms with E-state index in [1.165, 1.54) is 0 Å². The van der Waals surface area contributed by atoms with Crippen molar-refractivity contribution in [1.82, 2.24) is 10.2 Å². The minimum Gasteiger partial charge on any atom is -0.378 e. The molecule has 1 aromatic rings. The number of carbonyl (C=O) groups is 1. The van der Waals surface area contributed by atoms with E-state index in [0.717, 1.165) is 5.56 Å². The van der Waals surface area contributed by atoms with Crippen LogP contribution in [0.3, 0.4) is 0 Å². The molecule has 1 saturated heterocycles. The number of nitrogens with zero attached hydrogens (tertiary/aromatic N) is 2. The molecule has 2 rings (SSSR count). The Labute approximate surface area is 125 Å². The van der Waals surface area contributed by atoms with Gasteiger partial charge in [0.1, 0.15) is 0 Å². The van der Waals surface area contributed by atoms with Crippen molar-refractivity contribution in [3.8, 4) is 6.07 Å². The van der Waals surface area contributed by atoms with Crippen LogP contribution < -0.4 is 5.32 Å². The molecule has 1 aromatic carbocycles. The van der Waals surface area contributed by atoms with E-state index in [9.17, 15) is 10.1 Å². The molecule has 1 amide bonds. The SMILES string of the molecule is N#CC(CNCCC(=O)N1CCOCC1)c1ccccc1. The molecule has 0 spiro atoms. The van der Waals surface area contributed by atoms with Gasteiger partial charge in [0.25, 0.3) is 0 Å². The van der Waals surface area contributed by atoms with Crippen molar-refractivity contribution >= 4 is 5.91 Å². The molecule has 21 heavy (non-hydrogen) atoms. The van der Waals surface area contributed by atoms with Crippen molar-refractivity contribution in [2.45, 2.75) is 12.3 Å². The van der Waals surface area contributed by atoms with Crippen LogP contribution >= 0.6 is 0 Å². The quantitative estimate of drug-likeness (QED) is 0.797. The van der Waals surface area contributed by atoms with Crippen LogP contribution in [0.5, 0.6) is 0 Å². The third-order valence-electron chi connectivity index (χ3n) is 3.59. The zero-order valence-electron chi connectivity index (χ0n) is 12.1. The van der Waals surface area contributed by atoms with E-state index in [2.05, 4.69) is 11.4 Å². The number of nitrogens with one attached hydrogen (secondary N) is 1. The Kier molecular flexibility index (Phi) is 6.20. The van der Waals surface area contributed by atoms with Gasteiger partial charge in [-0.2, -0.15) is 5.26 Å². The summed E-state index contributed by atoms with van der Waals surface area (Å²) in [7, 11) is 0. The average molecular weight is 287 g/mol. The number of hydrogen-bond donors (Lipinski definition) is 1. The molecule has 1 aliphatic rings. The summed E-state index contributed by atoms with van der Waals surface area (Å²) in [6, 6.07) is 12.0. The van der Waals surface area contributed by atoms with Gasteiger partial charge in [-0.25, -0.2) is 0 Å². The van der Waals surface area contributed by atoms with Gasteiger partial charge in [-0.05, 0) is 5.56 Å². The molecule has 5 heteroatoms. The Bertz CT molecular complexity index is 478. The number of ether oxygens (including phenoxy) is 1. The molecule has 0 saturated carbocycles. The van der Waals surface area contributed by atoms with E-state index >= 15 is 0 Å². The molecule has 0 aliphatic carbocycles. The summed E-state index contributed by atoms with van der Waals surface area (Å²) >= 11 is 0. The summed E-state index contributed by atoms with van der Waals surface area (Å²) in [6.07, 6.45) is 0.465. The molecule has 1 atom stereocenters. The maximum absolute atomic E-state index is 11.9. The molecule has 0 aromatic heterocycles. The van der Waals surface area contributed by atoms with Crippen LogP contribution in [0.25, 0.3) is 0 Å². The first kappa shape index (κ1) is 15.5. The van der Waals surface area contributed by atoms with Gasteiger partial charge < -0.3 is 15.0 Å². The Morgan fingerprint density at radius 1 is 1.33 bits per heavy atom. The van der Waals surface area contributed by atoms with Gasteiger partial charge in [0.15, 0.2) is 0 Å². The maximum Gasteiger partial charge on any atom is 0.224 e. The van der Waals surface area contributed by atoms with Crippen LogP contribution in [0.4, 0.5) is 0 Å². The Balaban J connectivity index is 1.69. The van der Waals surface area contributed by atoms with E-state index in [1.807, 2.05) is 35.2 Å². The summed E-state index contributed by atoms with van der Waals surface area (Å²) in [5, 5.41) is 12.4. The van der Waals surface area contributed by atoms with Crippen LogP contribution in [0.2, 0.25) is 0 Å². The Hall–Kier alpha value is -1.90. The zero-order valence-corrected chi connectivity index (χ0v) is 12.1. The molecule has 1 fully saturated rings. The highest BCUT2D eigenvalue weighted by Gasteiger charge is 2.16. The molecule has 1 heterocycles. The van der Waals surface area contributed by atoms with Gasteiger partial charge in [-0.1, -0.05) is 30.3 Å². The van der Waals surface area contributed by atoms with Crippen molar-refractivity contribution in [2.24, 2.45) is 0 Å². The number of nitriles is 1. The summed E-state index contributed by atoms with van der Waals surface area (Å²) in [4.78, 5) is 13.8. The van der Waals surface area contributed by atoms with Gasteiger partial charge >= 0.3 is 0 Å². The fourth-order valence-corrected chi connectivity index (χ4v) is 2.34. The largest absolute Gasteiger partial charge is 0.378 e. The first-order valence-electron chi connectivity index (χ1n) is 7.32. The monoisotopic (exact) mass is 287 g/mol. The van der Waals surface area contributed by atoms with Crippen LogP contribution in [-0.2, 0) is 9.53 Å². The molecule has 5 nitrogen and oxygen atoms in total. The van der Waals surface area contributed by atoms with E-state index in [1.54, 1.807) is 0 Å². The first-order chi connectivity index (χ1) is 10.3. The lowest BCUT2D eigenvalue weighted by molar-refractivity contribution is -0.135. The number of carbonyl (C=O) groups excluding carboxylic acids is 1. The summed E-state index contributed by atoms with van der Waals surface area (Å²) < 4.78 is 5.22. The second-order valence-corrected chi connectivity index (χ2v) is 5.04. The lowest BCUT2D eigenvalue weighted by Gasteiger charge is -2.26. The molecule has 1 N–H and O–H groups in total. The van der Waals surface area contributed by atoms with Crippen molar-refractivity contribution in [1.29, 1.82) is 5.26 Å². The van der Waals surface area contributed by atoms with Crippen LogP contribution in [-0.4, -0.2) is 50.2 Å². The fraction of sp³-hybridized carbons (Fsp3) is 0.500. The van der Waals surface area contributed by atoms with Gasteiger partial charge in [-0.15, -0.1) is 0 Å². The number of hydrogen-bond acceptors (Lipinski definition) is 4. The predicted octanol–water partition coefficient (Wildman–Crippen LogP) is 1.13. The summed E-state index contributed by atoms with van der Waals surface area (Å²) in [5.41, 5.74) is 1.01. The molecular weight excluding hydrogens is 266 g/mol. The van der Waals surface area contributed by atoms with E-state index in [4.69, 9.17) is 4.74 Å². The van der Waals surface area contributed by atoms with E-state index in [0.29, 0.717) is 45.8 Å². The standard InChI is InChI=1S/C16H21N3O2/c17-12-15(14-4-2-1-3-5-14)13-18-7-6-16(20)19-8-10-21-11-9-19/h1-5,15,18H,6-11,13H2.